The third-order valence-electron chi connectivity index (χ3n) is 3.47. The standard InChI is InChI=1S/C17H12Cl2FN3O2/c1-25-14-6-5-9(18)7-11(14)13-8-15(23-22-13)21-17(24)10-3-2-4-12(20)16(10)19/h2-8H,1H3,(H2,21,22,23,24). The molecule has 0 spiro atoms. The second-order valence-electron chi connectivity index (χ2n) is 5.07. The number of aromatic nitrogens is 2. The summed E-state index contributed by atoms with van der Waals surface area (Å²) in [6, 6.07) is 10.8. The average Bonchev–Trinajstić information content (AvgIpc) is 3.05. The van der Waals surface area contributed by atoms with Crippen LogP contribution in [0.5, 0.6) is 5.75 Å². The minimum absolute atomic E-state index is 0.0200. The molecular formula is C17H12Cl2FN3O2. The van der Waals surface area contributed by atoms with Gasteiger partial charge in [-0.15, -0.1) is 0 Å². The van der Waals surface area contributed by atoms with Crippen LogP contribution in [0.4, 0.5) is 10.2 Å². The Balaban J connectivity index is 1.86. The molecule has 2 N–H and O–H groups in total. The zero-order valence-corrected chi connectivity index (χ0v) is 14.5. The monoisotopic (exact) mass is 379 g/mol. The molecule has 128 valence electrons. The molecule has 0 atom stereocenters. The lowest BCUT2D eigenvalue weighted by Gasteiger charge is -2.06. The van der Waals surface area contributed by atoms with Crippen molar-refractivity contribution in [3.05, 3.63) is 63.9 Å². The molecule has 5 nitrogen and oxygen atoms in total. The number of amides is 1. The number of nitrogens with one attached hydrogen (secondary N) is 2. The van der Waals surface area contributed by atoms with Crippen molar-refractivity contribution in [2.45, 2.75) is 0 Å². The van der Waals surface area contributed by atoms with Crippen LogP contribution in [0, 0.1) is 5.82 Å². The van der Waals surface area contributed by atoms with Crippen molar-refractivity contribution in [3.63, 3.8) is 0 Å². The summed E-state index contributed by atoms with van der Waals surface area (Å²) >= 11 is 11.8. The number of aromatic amines is 1. The van der Waals surface area contributed by atoms with Gasteiger partial charge in [-0.05, 0) is 30.3 Å². The highest BCUT2D eigenvalue weighted by Crippen LogP contribution is 2.32. The maximum atomic E-state index is 13.5. The van der Waals surface area contributed by atoms with Crippen LogP contribution in [0.3, 0.4) is 0 Å². The van der Waals surface area contributed by atoms with Crippen molar-refractivity contribution in [3.8, 4) is 17.0 Å². The van der Waals surface area contributed by atoms with Gasteiger partial charge in [0.1, 0.15) is 11.6 Å². The summed E-state index contributed by atoms with van der Waals surface area (Å²) in [5.41, 5.74) is 1.30. The highest BCUT2D eigenvalue weighted by molar-refractivity contribution is 6.34. The van der Waals surface area contributed by atoms with E-state index in [1.54, 1.807) is 24.3 Å². The van der Waals surface area contributed by atoms with E-state index in [1.165, 1.54) is 25.3 Å². The van der Waals surface area contributed by atoms with E-state index < -0.39 is 11.7 Å². The fraction of sp³-hybridized carbons (Fsp3) is 0.0588. The lowest BCUT2D eigenvalue weighted by atomic mass is 10.1. The SMILES string of the molecule is COc1ccc(Cl)cc1-c1cc(NC(=O)c2cccc(F)c2Cl)n[nH]1. The summed E-state index contributed by atoms with van der Waals surface area (Å²) in [6.07, 6.45) is 0. The largest absolute Gasteiger partial charge is 0.496 e. The number of hydrogen-bond acceptors (Lipinski definition) is 3. The van der Waals surface area contributed by atoms with E-state index in [2.05, 4.69) is 15.5 Å². The van der Waals surface area contributed by atoms with E-state index in [9.17, 15) is 9.18 Å². The number of carbonyl (C=O) groups is 1. The third kappa shape index (κ3) is 3.60. The van der Waals surface area contributed by atoms with E-state index in [-0.39, 0.29) is 16.4 Å². The molecule has 0 aliphatic rings. The zero-order chi connectivity index (χ0) is 18.0. The van der Waals surface area contributed by atoms with Crippen LogP contribution in [0.25, 0.3) is 11.3 Å². The van der Waals surface area contributed by atoms with Gasteiger partial charge in [-0.3, -0.25) is 9.89 Å². The van der Waals surface area contributed by atoms with Crippen molar-refractivity contribution < 1.29 is 13.9 Å². The zero-order valence-electron chi connectivity index (χ0n) is 12.9. The Morgan fingerprint density at radius 1 is 1.24 bits per heavy atom. The molecule has 3 rings (SSSR count). The summed E-state index contributed by atoms with van der Waals surface area (Å²) < 4.78 is 18.8. The number of ether oxygens (including phenoxy) is 1. The van der Waals surface area contributed by atoms with E-state index in [1.807, 2.05) is 0 Å². The Labute approximate surface area is 152 Å². The van der Waals surface area contributed by atoms with Gasteiger partial charge < -0.3 is 10.1 Å². The topological polar surface area (TPSA) is 67.0 Å². The molecule has 8 heteroatoms. The number of anilines is 1. The number of rotatable bonds is 4. The van der Waals surface area contributed by atoms with Crippen LogP contribution in [-0.4, -0.2) is 23.2 Å². The number of carbonyl (C=O) groups excluding carboxylic acids is 1. The predicted octanol–water partition coefficient (Wildman–Crippen LogP) is 4.78. The maximum Gasteiger partial charge on any atom is 0.258 e. The van der Waals surface area contributed by atoms with Gasteiger partial charge in [0.25, 0.3) is 5.91 Å². The van der Waals surface area contributed by atoms with Gasteiger partial charge in [-0.1, -0.05) is 29.3 Å². The molecule has 0 aliphatic carbocycles. The number of halogens is 3. The molecule has 1 amide bonds. The van der Waals surface area contributed by atoms with Gasteiger partial charge in [0, 0.05) is 16.7 Å². The molecular weight excluding hydrogens is 368 g/mol. The Morgan fingerprint density at radius 3 is 2.80 bits per heavy atom. The molecule has 1 heterocycles. The Hall–Kier alpha value is -2.57. The van der Waals surface area contributed by atoms with E-state index in [0.29, 0.717) is 22.0 Å². The normalized spacial score (nSPS) is 10.6. The molecule has 0 aliphatic heterocycles. The Bertz CT molecular complexity index is 943. The number of methoxy groups -OCH3 is 1. The molecule has 3 aromatic rings. The van der Waals surface area contributed by atoms with Gasteiger partial charge in [0.15, 0.2) is 5.82 Å². The van der Waals surface area contributed by atoms with Crippen molar-refractivity contribution in [2.75, 3.05) is 12.4 Å². The molecule has 0 unspecified atom stereocenters. The second-order valence-corrected chi connectivity index (χ2v) is 5.88. The molecule has 0 saturated carbocycles. The Kier molecular flexibility index (Phi) is 4.92. The lowest BCUT2D eigenvalue weighted by Crippen LogP contribution is -2.13. The fourth-order valence-electron chi connectivity index (χ4n) is 2.28. The first-order valence-electron chi connectivity index (χ1n) is 7.14. The first kappa shape index (κ1) is 17.3. The molecule has 2 aromatic carbocycles. The van der Waals surface area contributed by atoms with Gasteiger partial charge in [0.05, 0.1) is 23.4 Å². The fourth-order valence-corrected chi connectivity index (χ4v) is 2.66. The van der Waals surface area contributed by atoms with Crippen molar-refractivity contribution in [1.82, 2.24) is 10.2 Å². The minimum Gasteiger partial charge on any atom is -0.496 e. The van der Waals surface area contributed by atoms with Gasteiger partial charge in [0.2, 0.25) is 0 Å². The van der Waals surface area contributed by atoms with Crippen LogP contribution < -0.4 is 10.1 Å². The van der Waals surface area contributed by atoms with E-state index >= 15 is 0 Å². The molecule has 0 saturated heterocycles. The molecule has 0 fully saturated rings. The first-order valence-corrected chi connectivity index (χ1v) is 7.90. The summed E-state index contributed by atoms with van der Waals surface area (Å²) in [5.74, 6) is -0.386. The van der Waals surface area contributed by atoms with Crippen LogP contribution in [0.1, 0.15) is 10.4 Å². The smallest absolute Gasteiger partial charge is 0.258 e. The van der Waals surface area contributed by atoms with Crippen molar-refractivity contribution in [2.24, 2.45) is 0 Å². The number of benzene rings is 2. The van der Waals surface area contributed by atoms with E-state index in [0.717, 1.165) is 0 Å². The second kappa shape index (κ2) is 7.13. The molecule has 25 heavy (non-hydrogen) atoms. The summed E-state index contributed by atoms with van der Waals surface area (Å²) in [4.78, 5) is 12.2. The van der Waals surface area contributed by atoms with Crippen LogP contribution in [0.2, 0.25) is 10.0 Å². The summed E-state index contributed by atoms with van der Waals surface area (Å²) in [5, 5.41) is 9.67. The van der Waals surface area contributed by atoms with Gasteiger partial charge in [-0.25, -0.2) is 4.39 Å². The molecule has 0 radical (unpaired) electrons. The minimum atomic E-state index is -0.666. The summed E-state index contributed by atoms with van der Waals surface area (Å²) in [6.45, 7) is 0. The molecule has 0 bridgehead atoms. The highest BCUT2D eigenvalue weighted by atomic mass is 35.5. The highest BCUT2D eigenvalue weighted by Gasteiger charge is 2.16. The lowest BCUT2D eigenvalue weighted by molar-refractivity contribution is 0.102. The number of H-pyrrole nitrogens is 1. The third-order valence-corrected chi connectivity index (χ3v) is 4.09. The van der Waals surface area contributed by atoms with Crippen LogP contribution >= 0.6 is 23.2 Å². The maximum absolute atomic E-state index is 13.5. The number of hydrogen-bond donors (Lipinski definition) is 2. The Morgan fingerprint density at radius 2 is 2.04 bits per heavy atom. The van der Waals surface area contributed by atoms with Crippen LogP contribution in [-0.2, 0) is 0 Å². The van der Waals surface area contributed by atoms with Crippen LogP contribution in [0.15, 0.2) is 42.5 Å². The van der Waals surface area contributed by atoms with Gasteiger partial charge >= 0.3 is 0 Å². The number of nitrogens with zero attached hydrogens (tertiary/aromatic N) is 1. The first-order chi connectivity index (χ1) is 12.0. The van der Waals surface area contributed by atoms with E-state index in [4.69, 9.17) is 27.9 Å². The molecule has 1 aromatic heterocycles. The predicted molar refractivity (Wildman–Crippen MR) is 94.9 cm³/mol. The van der Waals surface area contributed by atoms with Crippen molar-refractivity contribution >= 4 is 34.9 Å². The van der Waals surface area contributed by atoms with Gasteiger partial charge in [-0.2, -0.15) is 5.10 Å². The summed E-state index contributed by atoms with van der Waals surface area (Å²) in [7, 11) is 1.54. The quantitative estimate of drug-likeness (QED) is 0.684. The van der Waals surface area contributed by atoms with Crippen molar-refractivity contribution in [1.29, 1.82) is 0 Å². The average molecular weight is 380 g/mol.